The van der Waals surface area contributed by atoms with Gasteiger partial charge in [0, 0.05) is 7.05 Å². The lowest BCUT2D eigenvalue weighted by atomic mass is 10.6. The van der Waals surface area contributed by atoms with Gasteiger partial charge in [0.15, 0.2) is 5.16 Å². The number of nitrogens with zero attached hydrogens (tertiary/aromatic N) is 3. The van der Waals surface area contributed by atoms with Gasteiger partial charge in [-0.05, 0) is 5.75 Å². The fourth-order valence-electron chi connectivity index (χ4n) is 0.817. The van der Waals surface area contributed by atoms with E-state index in [2.05, 4.69) is 10.2 Å². The van der Waals surface area contributed by atoms with Crippen molar-refractivity contribution in [3.63, 3.8) is 0 Å². The minimum atomic E-state index is -4.42. The van der Waals surface area contributed by atoms with Crippen LogP contribution in [0.15, 0.2) is 5.16 Å². The molecule has 0 amide bonds. The highest BCUT2D eigenvalue weighted by atomic mass is 32.2. The standard InChI is InChI=1S/C6H8F3N3S/c1-3-13-5-11-10-4(12(5)2)6(7,8)9/h3H2,1-2H3. The Bertz CT molecular complexity index is 294. The molecule has 0 bridgehead atoms. The Hall–Kier alpha value is -0.720. The summed E-state index contributed by atoms with van der Waals surface area (Å²) in [6, 6.07) is 0. The summed E-state index contributed by atoms with van der Waals surface area (Å²) >= 11 is 1.23. The van der Waals surface area contributed by atoms with Gasteiger partial charge in [0.25, 0.3) is 0 Å². The second-order valence-electron chi connectivity index (χ2n) is 2.30. The van der Waals surface area contributed by atoms with Crippen LogP contribution in [0.4, 0.5) is 13.2 Å². The first-order valence-corrected chi connectivity index (χ1v) is 4.54. The maximum Gasteiger partial charge on any atom is 0.451 e. The summed E-state index contributed by atoms with van der Waals surface area (Å²) in [5, 5.41) is 6.79. The summed E-state index contributed by atoms with van der Waals surface area (Å²) in [7, 11) is 1.31. The van der Waals surface area contributed by atoms with Crippen LogP contribution in [0.1, 0.15) is 12.7 Å². The lowest BCUT2D eigenvalue weighted by molar-refractivity contribution is -0.147. The molecule has 0 aromatic carbocycles. The van der Waals surface area contributed by atoms with Crippen molar-refractivity contribution in [2.75, 3.05) is 5.75 Å². The number of rotatable bonds is 2. The SMILES string of the molecule is CCSc1nnc(C(F)(F)F)n1C. The van der Waals surface area contributed by atoms with Crippen LogP contribution in [-0.4, -0.2) is 20.5 Å². The van der Waals surface area contributed by atoms with Crippen molar-refractivity contribution < 1.29 is 13.2 Å². The quantitative estimate of drug-likeness (QED) is 0.700. The average molecular weight is 211 g/mol. The van der Waals surface area contributed by atoms with Gasteiger partial charge in [-0.2, -0.15) is 13.2 Å². The van der Waals surface area contributed by atoms with E-state index in [9.17, 15) is 13.2 Å². The maximum atomic E-state index is 12.2. The minimum absolute atomic E-state index is 0.287. The van der Waals surface area contributed by atoms with Crippen LogP contribution in [0.2, 0.25) is 0 Å². The topological polar surface area (TPSA) is 30.7 Å². The fourth-order valence-corrected chi connectivity index (χ4v) is 1.45. The lowest BCUT2D eigenvalue weighted by Gasteiger charge is -2.05. The van der Waals surface area contributed by atoms with E-state index in [0.29, 0.717) is 5.75 Å². The highest BCUT2D eigenvalue weighted by molar-refractivity contribution is 7.99. The van der Waals surface area contributed by atoms with Crippen molar-refractivity contribution in [1.29, 1.82) is 0 Å². The van der Waals surface area contributed by atoms with E-state index in [-0.39, 0.29) is 5.16 Å². The van der Waals surface area contributed by atoms with Gasteiger partial charge in [-0.3, -0.25) is 0 Å². The molecule has 0 aliphatic rings. The predicted molar refractivity (Wildman–Crippen MR) is 42.4 cm³/mol. The second-order valence-corrected chi connectivity index (χ2v) is 3.53. The number of hydrogen-bond acceptors (Lipinski definition) is 3. The minimum Gasteiger partial charge on any atom is -0.302 e. The van der Waals surface area contributed by atoms with Crippen LogP contribution in [0.5, 0.6) is 0 Å². The average Bonchev–Trinajstić information content (AvgIpc) is 2.32. The van der Waals surface area contributed by atoms with Crippen molar-refractivity contribution in [2.24, 2.45) is 7.05 Å². The van der Waals surface area contributed by atoms with Gasteiger partial charge in [0.2, 0.25) is 5.82 Å². The first kappa shape index (κ1) is 10.4. The molecule has 3 nitrogen and oxygen atoms in total. The third-order valence-corrected chi connectivity index (χ3v) is 2.26. The van der Waals surface area contributed by atoms with Crippen molar-refractivity contribution in [2.45, 2.75) is 18.3 Å². The molecule has 13 heavy (non-hydrogen) atoms. The molecule has 74 valence electrons. The van der Waals surface area contributed by atoms with Gasteiger partial charge in [-0.15, -0.1) is 10.2 Å². The highest BCUT2D eigenvalue weighted by Crippen LogP contribution is 2.29. The molecule has 0 saturated carbocycles. The summed E-state index contributed by atoms with van der Waals surface area (Å²) in [5.74, 6) is -0.285. The first-order chi connectivity index (χ1) is 5.96. The molecule has 1 aromatic heterocycles. The number of alkyl halides is 3. The lowest BCUT2D eigenvalue weighted by Crippen LogP contribution is -2.12. The summed E-state index contributed by atoms with van der Waals surface area (Å²) in [5.41, 5.74) is 0. The molecule has 0 unspecified atom stereocenters. The molecule has 0 N–H and O–H groups in total. The number of aromatic nitrogens is 3. The zero-order valence-corrected chi connectivity index (χ0v) is 7.91. The van der Waals surface area contributed by atoms with Gasteiger partial charge >= 0.3 is 6.18 Å². The van der Waals surface area contributed by atoms with Gasteiger partial charge in [0.1, 0.15) is 0 Å². The number of halogens is 3. The Morgan fingerprint density at radius 2 is 2.00 bits per heavy atom. The molecule has 0 spiro atoms. The smallest absolute Gasteiger partial charge is 0.302 e. The third-order valence-electron chi connectivity index (χ3n) is 1.36. The molecule has 7 heteroatoms. The van der Waals surface area contributed by atoms with Crippen molar-refractivity contribution in [3.05, 3.63) is 5.82 Å². The summed E-state index contributed by atoms with van der Waals surface area (Å²) in [6.07, 6.45) is -4.42. The Morgan fingerprint density at radius 1 is 1.38 bits per heavy atom. The Labute approximate surface area is 77.3 Å². The van der Waals surface area contributed by atoms with Crippen LogP contribution in [0, 0.1) is 0 Å². The molecule has 0 saturated heterocycles. The monoisotopic (exact) mass is 211 g/mol. The van der Waals surface area contributed by atoms with E-state index in [0.717, 1.165) is 4.57 Å². The van der Waals surface area contributed by atoms with Crippen LogP contribution in [0.25, 0.3) is 0 Å². The van der Waals surface area contributed by atoms with Gasteiger partial charge in [-0.1, -0.05) is 18.7 Å². The van der Waals surface area contributed by atoms with Crippen molar-refractivity contribution in [3.8, 4) is 0 Å². The summed E-state index contributed by atoms with van der Waals surface area (Å²) in [4.78, 5) is 0. The molecule has 1 rings (SSSR count). The molecule has 0 fully saturated rings. The second kappa shape index (κ2) is 3.57. The van der Waals surface area contributed by atoms with Gasteiger partial charge in [0.05, 0.1) is 0 Å². The van der Waals surface area contributed by atoms with Gasteiger partial charge in [-0.25, -0.2) is 0 Å². The predicted octanol–water partition coefficient (Wildman–Crippen LogP) is 1.95. The maximum absolute atomic E-state index is 12.2. The van der Waals surface area contributed by atoms with Crippen molar-refractivity contribution >= 4 is 11.8 Å². The van der Waals surface area contributed by atoms with Crippen LogP contribution in [0.3, 0.4) is 0 Å². The third kappa shape index (κ3) is 2.15. The van der Waals surface area contributed by atoms with E-state index >= 15 is 0 Å². The Kier molecular flexibility index (Phi) is 2.84. The summed E-state index contributed by atoms with van der Waals surface area (Å²) in [6.45, 7) is 1.84. The molecule has 1 heterocycles. The molecule has 0 aliphatic heterocycles. The number of thioether (sulfide) groups is 1. The van der Waals surface area contributed by atoms with Crippen LogP contribution in [-0.2, 0) is 13.2 Å². The fraction of sp³-hybridized carbons (Fsp3) is 0.667. The van der Waals surface area contributed by atoms with E-state index in [1.165, 1.54) is 18.8 Å². The molecule has 0 aliphatic carbocycles. The Balaban J connectivity index is 2.99. The molecule has 0 radical (unpaired) electrons. The Morgan fingerprint density at radius 3 is 2.38 bits per heavy atom. The first-order valence-electron chi connectivity index (χ1n) is 3.56. The zero-order valence-electron chi connectivity index (χ0n) is 7.09. The van der Waals surface area contributed by atoms with Crippen LogP contribution >= 0.6 is 11.8 Å². The molecule has 1 aromatic rings. The molecular formula is C6H8F3N3S. The summed E-state index contributed by atoms with van der Waals surface area (Å²) < 4.78 is 37.5. The molecular weight excluding hydrogens is 203 g/mol. The normalized spacial score (nSPS) is 12.1. The van der Waals surface area contributed by atoms with Gasteiger partial charge < -0.3 is 4.57 Å². The van der Waals surface area contributed by atoms with E-state index in [1.807, 2.05) is 6.92 Å². The highest BCUT2D eigenvalue weighted by Gasteiger charge is 2.37. The van der Waals surface area contributed by atoms with E-state index in [1.54, 1.807) is 0 Å². The van der Waals surface area contributed by atoms with E-state index in [4.69, 9.17) is 0 Å². The molecule has 0 atom stereocenters. The van der Waals surface area contributed by atoms with Crippen molar-refractivity contribution in [1.82, 2.24) is 14.8 Å². The van der Waals surface area contributed by atoms with Crippen LogP contribution < -0.4 is 0 Å². The largest absolute Gasteiger partial charge is 0.451 e. The zero-order chi connectivity index (χ0) is 10.1. The number of hydrogen-bond donors (Lipinski definition) is 0. The van der Waals surface area contributed by atoms with E-state index < -0.39 is 12.0 Å².